The molecule has 138 valence electrons. The van der Waals surface area contributed by atoms with Crippen LogP contribution in [-0.2, 0) is 10.0 Å². The average Bonchev–Trinajstić information content (AvgIpc) is 2.66. The molecule has 0 aromatic heterocycles. The Morgan fingerprint density at radius 1 is 1.04 bits per heavy atom. The van der Waals surface area contributed by atoms with Crippen molar-refractivity contribution in [1.29, 1.82) is 0 Å². The third-order valence-electron chi connectivity index (χ3n) is 4.09. The molecule has 3 aromatic carbocycles. The molecular formula is C19H16N2O4S2. The van der Waals surface area contributed by atoms with E-state index in [0.717, 1.165) is 15.5 Å². The standard InChI is InChI=1S/C19H16N2O4S2/c1-25-13-6-8-14(9-7-13)27(23,24)21-16-3-2-4-17-19(16)20-15-10-5-12(22)11-18(15)26-17/h2-11,20-22H,1H3. The highest BCUT2D eigenvalue weighted by atomic mass is 32.2. The van der Waals surface area contributed by atoms with Crippen molar-refractivity contribution in [2.75, 3.05) is 17.1 Å². The number of rotatable bonds is 4. The maximum absolute atomic E-state index is 12.8. The number of anilines is 3. The predicted molar refractivity (Wildman–Crippen MR) is 106 cm³/mol. The van der Waals surface area contributed by atoms with E-state index in [9.17, 15) is 13.5 Å². The van der Waals surface area contributed by atoms with E-state index in [0.29, 0.717) is 17.1 Å². The van der Waals surface area contributed by atoms with Gasteiger partial charge in [-0.3, -0.25) is 4.72 Å². The quantitative estimate of drug-likeness (QED) is 0.440. The van der Waals surface area contributed by atoms with Crippen LogP contribution in [0.15, 0.2) is 75.4 Å². The first-order valence-electron chi connectivity index (χ1n) is 8.04. The zero-order valence-corrected chi connectivity index (χ0v) is 15.9. The number of methoxy groups -OCH3 is 1. The number of ether oxygens (including phenoxy) is 1. The molecular weight excluding hydrogens is 384 g/mol. The van der Waals surface area contributed by atoms with Crippen molar-refractivity contribution >= 4 is 38.8 Å². The number of para-hydroxylation sites is 1. The van der Waals surface area contributed by atoms with Crippen LogP contribution in [0.25, 0.3) is 0 Å². The van der Waals surface area contributed by atoms with Gasteiger partial charge in [-0.25, -0.2) is 8.42 Å². The number of benzene rings is 3. The highest BCUT2D eigenvalue weighted by molar-refractivity contribution is 7.99. The van der Waals surface area contributed by atoms with Crippen molar-refractivity contribution in [3.63, 3.8) is 0 Å². The first-order chi connectivity index (χ1) is 13.0. The molecule has 3 N–H and O–H groups in total. The van der Waals surface area contributed by atoms with Crippen molar-refractivity contribution in [3.05, 3.63) is 60.7 Å². The fourth-order valence-electron chi connectivity index (χ4n) is 2.74. The molecule has 1 aliphatic heterocycles. The van der Waals surface area contributed by atoms with Crippen molar-refractivity contribution in [2.45, 2.75) is 14.7 Å². The second-order valence-corrected chi connectivity index (χ2v) is 8.63. The van der Waals surface area contributed by atoms with Gasteiger partial charge in [0.15, 0.2) is 0 Å². The smallest absolute Gasteiger partial charge is 0.261 e. The first-order valence-corrected chi connectivity index (χ1v) is 10.3. The highest BCUT2D eigenvalue weighted by Gasteiger charge is 2.22. The average molecular weight is 400 g/mol. The largest absolute Gasteiger partial charge is 0.508 e. The Morgan fingerprint density at radius 2 is 1.81 bits per heavy atom. The van der Waals surface area contributed by atoms with E-state index in [1.165, 1.54) is 31.0 Å². The number of fused-ring (bicyclic) bond motifs is 2. The van der Waals surface area contributed by atoms with Crippen LogP contribution in [0, 0.1) is 0 Å². The topological polar surface area (TPSA) is 87.7 Å². The molecule has 4 rings (SSSR count). The van der Waals surface area contributed by atoms with Gasteiger partial charge in [-0.1, -0.05) is 17.8 Å². The summed E-state index contributed by atoms with van der Waals surface area (Å²) in [6.07, 6.45) is 0. The number of phenolic OH excluding ortho intramolecular Hbond substituents is 1. The van der Waals surface area contributed by atoms with E-state index in [1.807, 2.05) is 6.07 Å². The second kappa shape index (κ2) is 6.71. The lowest BCUT2D eigenvalue weighted by molar-refractivity contribution is 0.414. The molecule has 0 saturated heterocycles. The third-order valence-corrected chi connectivity index (χ3v) is 6.58. The first kappa shape index (κ1) is 17.6. The molecule has 0 aliphatic carbocycles. The van der Waals surface area contributed by atoms with Gasteiger partial charge in [0.05, 0.1) is 29.1 Å². The van der Waals surface area contributed by atoms with Gasteiger partial charge in [-0.2, -0.15) is 0 Å². The maximum atomic E-state index is 12.8. The van der Waals surface area contributed by atoms with Gasteiger partial charge in [0.2, 0.25) is 0 Å². The van der Waals surface area contributed by atoms with Crippen LogP contribution in [0.4, 0.5) is 17.1 Å². The Balaban J connectivity index is 1.67. The van der Waals surface area contributed by atoms with Crippen LogP contribution in [0.5, 0.6) is 11.5 Å². The Hall–Kier alpha value is -2.84. The molecule has 0 fully saturated rings. The van der Waals surface area contributed by atoms with Gasteiger partial charge in [0.25, 0.3) is 10.0 Å². The van der Waals surface area contributed by atoms with Crippen LogP contribution < -0.4 is 14.8 Å². The monoisotopic (exact) mass is 400 g/mol. The van der Waals surface area contributed by atoms with Crippen LogP contribution in [0.1, 0.15) is 0 Å². The van der Waals surface area contributed by atoms with E-state index < -0.39 is 10.0 Å². The zero-order chi connectivity index (χ0) is 19.0. The summed E-state index contributed by atoms with van der Waals surface area (Å²) in [5, 5.41) is 12.9. The van der Waals surface area contributed by atoms with Gasteiger partial charge in [-0.15, -0.1) is 0 Å². The lowest BCUT2D eigenvalue weighted by Crippen LogP contribution is -2.15. The fraction of sp³-hybridized carbons (Fsp3) is 0.0526. The summed E-state index contributed by atoms with van der Waals surface area (Å²) in [6, 6.07) is 16.6. The molecule has 0 radical (unpaired) electrons. The number of hydrogen-bond acceptors (Lipinski definition) is 6. The molecule has 1 heterocycles. The summed E-state index contributed by atoms with van der Waals surface area (Å²) < 4.78 is 33.2. The summed E-state index contributed by atoms with van der Waals surface area (Å²) in [5.41, 5.74) is 1.94. The normalized spacial score (nSPS) is 12.5. The van der Waals surface area contributed by atoms with E-state index in [4.69, 9.17) is 4.74 Å². The molecule has 27 heavy (non-hydrogen) atoms. The van der Waals surface area contributed by atoms with E-state index >= 15 is 0 Å². The van der Waals surface area contributed by atoms with Gasteiger partial charge >= 0.3 is 0 Å². The molecule has 0 amide bonds. The molecule has 1 aliphatic rings. The number of nitrogens with one attached hydrogen (secondary N) is 2. The van der Waals surface area contributed by atoms with Gasteiger partial charge in [0.1, 0.15) is 11.5 Å². The highest BCUT2D eigenvalue weighted by Crippen LogP contribution is 2.48. The zero-order valence-electron chi connectivity index (χ0n) is 14.3. The molecule has 0 atom stereocenters. The third kappa shape index (κ3) is 3.41. The fourth-order valence-corrected chi connectivity index (χ4v) is 4.87. The maximum Gasteiger partial charge on any atom is 0.261 e. The van der Waals surface area contributed by atoms with Crippen LogP contribution in [-0.4, -0.2) is 20.6 Å². The summed E-state index contributed by atoms with van der Waals surface area (Å²) in [5.74, 6) is 0.770. The molecule has 3 aromatic rings. The van der Waals surface area contributed by atoms with E-state index in [-0.39, 0.29) is 10.6 Å². The minimum atomic E-state index is -3.75. The van der Waals surface area contributed by atoms with Crippen LogP contribution in [0.2, 0.25) is 0 Å². The number of hydrogen-bond donors (Lipinski definition) is 3. The Kier molecular flexibility index (Phi) is 4.37. The Bertz CT molecular complexity index is 1110. The molecule has 0 unspecified atom stereocenters. The lowest BCUT2D eigenvalue weighted by atomic mass is 10.2. The molecule has 6 nitrogen and oxygen atoms in total. The number of aromatic hydroxyl groups is 1. The van der Waals surface area contributed by atoms with Crippen molar-refractivity contribution < 1.29 is 18.3 Å². The van der Waals surface area contributed by atoms with E-state index in [2.05, 4.69) is 10.0 Å². The second-order valence-electron chi connectivity index (χ2n) is 5.87. The Morgan fingerprint density at radius 3 is 2.56 bits per heavy atom. The van der Waals surface area contributed by atoms with Gasteiger partial charge < -0.3 is 15.2 Å². The van der Waals surface area contributed by atoms with Crippen molar-refractivity contribution in [2.24, 2.45) is 0 Å². The molecule has 0 spiro atoms. The van der Waals surface area contributed by atoms with Gasteiger partial charge in [0, 0.05) is 9.79 Å². The summed E-state index contributed by atoms with van der Waals surface area (Å²) >= 11 is 1.46. The summed E-state index contributed by atoms with van der Waals surface area (Å²) in [7, 11) is -2.22. The van der Waals surface area contributed by atoms with E-state index in [1.54, 1.807) is 42.5 Å². The van der Waals surface area contributed by atoms with Crippen LogP contribution >= 0.6 is 11.8 Å². The van der Waals surface area contributed by atoms with Crippen LogP contribution in [0.3, 0.4) is 0 Å². The minimum absolute atomic E-state index is 0.148. The number of sulfonamides is 1. The Labute approximate surface area is 161 Å². The van der Waals surface area contributed by atoms with Gasteiger partial charge in [-0.05, 0) is 54.6 Å². The molecule has 0 bridgehead atoms. The molecule has 8 heteroatoms. The number of phenols is 1. The molecule has 0 saturated carbocycles. The minimum Gasteiger partial charge on any atom is -0.508 e. The summed E-state index contributed by atoms with van der Waals surface area (Å²) in [4.78, 5) is 1.88. The van der Waals surface area contributed by atoms with Crippen molar-refractivity contribution in [3.8, 4) is 11.5 Å². The summed E-state index contributed by atoms with van der Waals surface area (Å²) in [6.45, 7) is 0. The van der Waals surface area contributed by atoms with Crippen molar-refractivity contribution in [1.82, 2.24) is 0 Å². The lowest BCUT2D eigenvalue weighted by Gasteiger charge is -2.23. The predicted octanol–water partition coefficient (Wildman–Crippen LogP) is 4.41. The SMILES string of the molecule is COc1ccc(S(=O)(=O)Nc2cccc3c2Nc2ccc(O)cc2S3)cc1.